The lowest BCUT2D eigenvalue weighted by atomic mass is 10.2. The van der Waals surface area contributed by atoms with Crippen molar-refractivity contribution in [2.75, 3.05) is 50.2 Å². The van der Waals surface area contributed by atoms with Gasteiger partial charge in [0.15, 0.2) is 32.6 Å². The number of anilines is 3. The van der Waals surface area contributed by atoms with Gasteiger partial charge in [0.1, 0.15) is 39.6 Å². The predicted molar refractivity (Wildman–Crippen MR) is 192 cm³/mol. The van der Waals surface area contributed by atoms with Crippen molar-refractivity contribution >= 4 is 59.3 Å². The molecule has 0 saturated heterocycles. The maximum absolute atomic E-state index is 14.1. The number of hydrogen-bond acceptors (Lipinski definition) is 13. The Hall–Kier alpha value is -5.75. The SMILES string of the molecule is C.C.CNc1cccc(OC)c1S(=O)(=O)Nc1noc2cccc(OC)c12.COc1cccc(F)c1S(=O)(=O)Nc1noc2cccc(OC)c12. The van der Waals surface area contributed by atoms with Crippen molar-refractivity contribution in [1.29, 1.82) is 0 Å². The van der Waals surface area contributed by atoms with Gasteiger partial charge in [-0.15, -0.1) is 0 Å². The molecule has 2 aromatic heterocycles. The second-order valence-electron chi connectivity index (χ2n) is 9.80. The molecule has 0 aliphatic heterocycles. The molecule has 0 spiro atoms. The smallest absolute Gasteiger partial charge is 0.269 e. The number of benzene rings is 4. The first-order chi connectivity index (χ1) is 23.5. The lowest BCUT2D eigenvalue weighted by molar-refractivity contribution is 0.395. The number of halogens is 1. The van der Waals surface area contributed by atoms with E-state index in [1.807, 2.05) is 0 Å². The lowest BCUT2D eigenvalue weighted by Crippen LogP contribution is -2.16. The van der Waals surface area contributed by atoms with E-state index in [4.69, 9.17) is 28.0 Å². The molecule has 3 N–H and O–H groups in total. The van der Waals surface area contributed by atoms with Crippen molar-refractivity contribution in [2.45, 2.75) is 24.6 Å². The van der Waals surface area contributed by atoms with Crippen LogP contribution in [0, 0.1) is 5.82 Å². The molecule has 0 bridgehead atoms. The summed E-state index contributed by atoms with van der Waals surface area (Å²) in [5.74, 6) is -0.103. The van der Waals surface area contributed by atoms with E-state index >= 15 is 0 Å². The van der Waals surface area contributed by atoms with E-state index < -0.39 is 30.8 Å². The zero-order valence-corrected chi connectivity index (χ0v) is 28.2. The van der Waals surface area contributed by atoms with Gasteiger partial charge in [-0.25, -0.2) is 21.2 Å². The fourth-order valence-corrected chi connectivity index (χ4v) is 7.43. The molecule has 4 aromatic carbocycles. The van der Waals surface area contributed by atoms with Gasteiger partial charge >= 0.3 is 0 Å². The molecule has 6 rings (SSSR count). The van der Waals surface area contributed by atoms with Crippen LogP contribution in [-0.4, -0.2) is 62.6 Å². The summed E-state index contributed by atoms with van der Waals surface area (Å²) in [6.07, 6.45) is 0. The van der Waals surface area contributed by atoms with Gasteiger partial charge in [0, 0.05) is 7.05 Å². The zero-order chi connectivity index (χ0) is 35.3. The number of hydrogen-bond donors (Lipinski definition) is 3. The minimum atomic E-state index is -4.30. The summed E-state index contributed by atoms with van der Waals surface area (Å²) < 4.78 is 101. The average Bonchev–Trinajstić information content (AvgIpc) is 3.71. The predicted octanol–water partition coefficient (Wildman–Crippen LogP) is 6.74. The number of nitrogens with one attached hydrogen (secondary N) is 3. The third-order valence-electron chi connectivity index (χ3n) is 6.98. The van der Waals surface area contributed by atoms with Crippen molar-refractivity contribution in [3.63, 3.8) is 0 Å². The molecule has 0 radical (unpaired) electrons. The minimum absolute atomic E-state index is 0. The van der Waals surface area contributed by atoms with Crippen molar-refractivity contribution in [3.05, 3.63) is 78.6 Å². The summed E-state index contributed by atoms with van der Waals surface area (Å²) in [5.41, 5.74) is 1.13. The maximum atomic E-state index is 14.1. The van der Waals surface area contributed by atoms with Crippen LogP contribution < -0.4 is 33.7 Å². The van der Waals surface area contributed by atoms with Crippen molar-refractivity contribution in [1.82, 2.24) is 10.3 Å². The van der Waals surface area contributed by atoms with Crippen LogP contribution >= 0.6 is 0 Å². The standard InChI is InChI=1S/C16H17N3O5S.C15H13FN2O5S.2CH4/c1-17-10-6-4-9-13(23-3)15(10)25(20,21)19-16-14-11(22-2)7-5-8-12(14)24-18-16;1-21-10-6-4-7-11-13(10)15(17-23-11)18-24(19,20)14-9(16)5-3-8-12(14)22-2;;/h4-9,17H,1-3H3,(H,18,19);3-8H,1-2H3,(H,17,18);2*1H4. The molecule has 274 valence electrons. The van der Waals surface area contributed by atoms with Crippen LogP contribution in [0.3, 0.4) is 0 Å². The quantitative estimate of drug-likeness (QED) is 0.126. The summed E-state index contributed by atoms with van der Waals surface area (Å²) >= 11 is 0. The van der Waals surface area contributed by atoms with E-state index in [1.54, 1.807) is 61.6 Å². The molecule has 51 heavy (non-hydrogen) atoms. The van der Waals surface area contributed by atoms with Crippen molar-refractivity contribution in [3.8, 4) is 23.0 Å². The van der Waals surface area contributed by atoms with Crippen LogP contribution in [-0.2, 0) is 20.0 Å². The largest absolute Gasteiger partial charge is 0.496 e. The highest BCUT2D eigenvalue weighted by Gasteiger charge is 2.28. The number of methoxy groups -OCH3 is 4. The van der Waals surface area contributed by atoms with Crippen LogP contribution in [0.25, 0.3) is 21.9 Å². The lowest BCUT2D eigenvalue weighted by Gasteiger charge is -2.14. The first kappa shape index (κ1) is 39.7. The van der Waals surface area contributed by atoms with Crippen LogP contribution in [0.1, 0.15) is 14.9 Å². The van der Waals surface area contributed by atoms with E-state index in [0.717, 1.165) is 6.07 Å². The number of aromatic nitrogens is 2. The number of rotatable bonds is 11. The highest BCUT2D eigenvalue weighted by molar-refractivity contribution is 7.93. The molecule has 0 fully saturated rings. The van der Waals surface area contributed by atoms with Gasteiger partial charge in [0.2, 0.25) is 0 Å². The monoisotopic (exact) mass is 747 g/mol. The second kappa shape index (κ2) is 16.3. The molecule has 0 atom stereocenters. The fourth-order valence-electron chi connectivity index (χ4n) is 4.82. The molecular formula is C33H38FN5O10S2. The molecule has 0 amide bonds. The Morgan fingerprint density at radius 1 is 0.588 bits per heavy atom. The molecule has 0 aliphatic carbocycles. The van der Waals surface area contributed by atoms with Gasteiger partial charge < -0.3 is 33.3 Å². The highest BCUT2D eigenvalue weighted by atomic mass is 32.2. The van der Waals surface area contributed by atoms with Gasteiger partial charge in [-0.05, 0) is 48.5 Å². The number of fused-ring (bicyclic) bond motifs is 2. The molecule has 18 heteroatoms. The topological polar surface area (TPSA) is 193 Å². The van der Waals surface area contributed by atoms with E-state index in [9.17, 15) is 21.2 Å². The number of sulfonamides is 2. The molecule has 15 nitrogen and oxygen atoms in total. The minimum Gasteiger partial charge on any atom is -0.496 e. The average molecular weight is 748 g/mol. The normalized spacial score (nSPS) is 10.9. The zero-order valence-electron chi connectivity index (χ0n) is 26.6. The molecule has 0 saturated carbocycles. The van der Waals surface area contributed by atoms with Crippen molar-refractivity contribution < 1.29 is 49.2 Å². The molecule has 2 heterocycles. The molecular weight excluding hydrogens is 710 g/mol. The third-order valence-corrected chi connectivity index (χ3v) is 9.79. The maximum Gasteiger partial charge on any atom is 0.269 e. The van der Waals surface area contributed by atoms with Crippen LogP contribution in [0.5, 0.6) is 23.0 Å². The summed E-state index contributed by atoms with van der Waals surface area (Å²) in [7, 11) is -1.10. The Bertz CT molecular complexity index is 2320. The Kier molecular flexibility index (Phi) is 12.7. The summed E-state index contributed by atoms with van der Waals surface area (Å²) in [6.45, 7) is 0. The Balaban J connectivity index is 0.000000265. The number of nitrogens with zero attached hydrogens (tertiary/aromatic N) is 2. The van der Waals surface area contributed by atoms with E-state index in [-0.39, 0.29) is 42.9 Å². The van der Waals surface area contributed by atoms with Crippen molar-refractivity contribution in [2.24, 2.45) is 0 Å². The van der Waals surface area contributed by atoms with Gasteiger partial charge in [0.25, 0.3) is 20.0 Å². The first-order valence-corrected chi connectivity index (χ1v) is 17.0. The Labute approximate surface area is 294 Å². The first-order valence-electron chi connectivity index (χ1n) is 14.1. The number of ether oxygens (including phenoxy) is 4. The van der Waals surface area contributed by atoms with E-state index in [0.29, 0.717) is 39.1 Å². The molecule has 0 unspecified atom stereocenters. The van der Waals surface area contributed by atoms with Gasteiger partial charge in [-0.1, -0.05) is 49.4 Å². The Morgan fingerprint density at radius 2 is 0.980 bits per heavy atom. The molecule has 6 aromatic rings. The summed E-state index contributed by atoms with van der Waals surface area (Å²) in [4.78, 5) is -0.635. The van der Waals surface area contributed by atoms with Crippen LogP contribution in [0.15, 0.2) is 91.6 Å². The molecule has 0 aliphatic rings. The van der Waals surface area contributed by atoms with E-state index in [2.05, 4.69) is 25.1 Å². The summed E-state index contributed by atoms with van der Waals surface area (Å²) in [5, 5.41) is 11.1. The third kappa shape index (κ3) is 7.86. The summed E-state index contributed by atoms with van der Waals surface area (Å²) in [6, 6.07) is 18.6. The van der Waals surface area contributed by atoms with Gasteiger partial charge in [-0.2, -0.15) is 0 Å². The van der Waals surface area contributed by atoms with E-state index in [1.165, 1.54) is 40.6 Å². The van der Waals surface area contributed by atoms with Crippen LogP contribution in [0.2, 0.25) is 0 Å². The fraction of sp³-hybridized carbons (Fsp3) is 0.212. The van der Waals surface area contributed by atoms with Gasteiger partial charge in [0.05, 0.1) is 34.1 Å². The Morgan fingerprint density at radius 3 is 1.43 bits per heavy atom. The second-order valence-corrected chi connectivity index (χ2v) is 13.0. The highest BCUT2D eigenvalue weighted by Crippen LogP contribution is 2.37. The van der Waals surface area contributed by atoms with Gasteiger partial charge in [-0.3, -0.25) is 9.44 Å². The van der Waals surface area contributed by atoms with Crippen LogP contribution in [0.4, 0.5) is 21.7 Å².